The third kappa shape index (κ3) is 5.67. The van der Waals surface area contributed by atoms with Crippen LogP contribution in [0.15, 0.2) is 72.8 Å². The number of carbonyl (C=O) groups is 1. The summed E-state index contributed by atoms with van der Waals surface area (Å²) in [5.41, 5.74) is 11.0. The largest absolute Gasteiger partial charge is 0.489 e. The quantitative estimate of drug-likeness (QED) is 0.571. The Morgan fingerprint density at radius 3 is 2.48 bits per heavy atom. The van der Waals surface area contributed by atoms with Crippen LogP contribution in [-0.2, 0) is 22.6 Å². The molecule has 1 atom stereocenters. The van der Waals surface area contributed by atoms with Crippen LogP contribution in [-0.4, -0.2) is 24.8 Å². The molecule has 3 N–H and O–H groups in total. The van der Waals surface area contributed by atoms with Gasteiger partial charge < -0.3 is 20.3 Å². The molecule has 29 heavy (non-hydrogen) atoms. The van der Waals surface area contributed by atoms with Crippen molar-refractivity contribution in [3.05, 3.63) is 89.5 Å². The van der Waals surface area contributed by atoms with Crippen LogP contribution in [0.25, 0.3) is 11.1 Å². The van der Waals surface area contributed by atoms with Gasteiger partial charge in [-0.2, -0.15) is 0 Å². The highest BCUT2D eigenvalue weighted by atomic mass is 16.5. The SMILES string of the molecule is COC[C@@H](N)c1cccc(-c2cccc(COc3ccccc3CC(=O)O)c2)c1. The normalized spacial score (nSPS) is 11.8. The van der Waals surface area contributed by atoms with Crippen molar-refractivity contribution in [2.24, 2.45) is 5.73 Å². The van der Waals surface area contributed by atoms with Gasteiger partial charge in [0, 0.05) is 12.7 Å². The number of para-hydroxylation sites is 1. The number of methoxy groups -OCH3 is 1. The second-order valence-corrected chi connectivity index (χ2v) is 6.85. The minimum atomic E-state index is -0.880. The summed E-state index contributed by atoms with van der Waals surface area (Å²) in [6, 6.07) is 23.3. The second-order valence-electron chi connectivity index (χ2n) is 6.85. The lowest BCUT2D eigenvalue weighted by atomic mass is 9.99. The zero-order valence-corrected chi connectivity index (χ0v) is 16.4. The molecular weight excluding hydrogens is 366 g/mol. The molecule has 150 valence electrons. The number of rotatable bonds is 9. The van der Waals surface area contributed by atoms with Crippen LogP contribution in [0.2, 0.25) is 0 Å². The maximum Gasteiger partial charge on any atom is 0.307 e. The van der Waals surface area contributed by atoms with E-state index >= 15 is 0 Å². The molecule has 0 aliphatic heterocycles. The third-order valence-electron chi connectivity index (χ3n) is 4.63. The van der Waals surface area contributed by atoms with Crippen molar-refractivity contribution in [2.45, 2.75) is 19.1 Å². The summed E-state index contributed by atoms with van der Waals surface area (Å²) in [4.78, 5) is 11.0. The molecule has 0 aromatic heterocycles. The lowest BCUT2D eigenvalue weighted by Gasteiger charge is -2.13. The van der Waals surface area contributed by atoms with Crippen molar-refractivity contribution in [1.29, 1.82) is 0 Å². The van der Waals surface area contributed by atoms with E-state index in [0.29, 0.717) is 24.5 Å². The van der Waals surface area contributed by atoms with Gasteiger partial charge in [-0.15, -0.1) is 0 Å². The third-order valence-corrected chi connectivity index (χ3v) is 4.63. The van der Waals surface area contributed by atoms with E-state index < -0.39 is 5.97 Å². The molecule has 5 nitrogen and oxygen atoms in total. The summed E-state index contributed by atoms with van der Waals surface area (Å²) in [7, 11) is 1.64. The van der Waals surface area contributed by atoms with Crippen LogP contribution in [0.5, 0.6) is 5.75 Å². The van der Waals surface area contributed by atoms with E-state index in [4.69, 9.17) is 20.3 Å². The summed E-state index contributed by atoms with van der Waals surface area (Å²) < 4.78 is 11.1. The molecule has 0 unspecified atom stereocenters. The first-order valence-electron chi connectivity index (χ1n) is 9.43. The second kappa shape index (κ2) is 9.87. The molecule has 3 aromatic carbocycles. The molecule has 3 rings (SSSR count). The maximum absolute atomic E-state index is 11.0. The van der Waals surface area contributed by atoms with E-state index in [-0.39, 0.29) is 12.5 Å². The Hall–Kier alpha value is -3.15. The number of hydrogen-bond donors (Lipinski definition) is 2. The fraction of sp³-hybridized carbons (Fsp3) is 0.208. The molecule has 3 aromatic rings. The molecule has 5 heteroatoms. The van der Waals surface area contributed by atoms with Gasteiger partial charge in [-0.05, 0) is 40.5 Å². The molecule has 0 aliphatic rings. The number of benzene rings is 3. The number of ether oxygens (including phenoxy) is 2. The molecule has 0 radical (unpaired) electrons. The van der Waals surface area contributed by atoms with E-state index in [1.807, 2.05) is 48.5 Å². The van der Waals surface area contributed by atoms with Gasteiger partial charge in [-0.1, -0.05) is 54.6 Å². The van der Waals surface area contributed by atoms with Crippen LogP contribution >= 0.6 is 0 Å². The standard InChI is InChI=1S/C24H25NO4/c1-28-16-22(25)20-10-5-9-19(13-20)18-8-4-6-17(12-18)15-29-23-11-3-2-7-21(23)14-24(26)27/h2-13,22H,14-16,25H2,1H3,(H,26,27)/t22-/m1/s1. The van der Waals surface area contributed by atoms with E-state index in [0.717, 1.165) is 22.3 Å². The number of carboxylic acids is 1. The van der Waals surface area contributed by atoms with Crippen molar-refractivity contribution in [1.82, 2.24) is 0 Å². The summed E-state index contributed by atoms with van der Waals surface area (Å²) in [6.07, 6.45) is -0.0647. The first-order chi connectivity index (χ1) is 14.1. The van der Waals surface area contributed by atoms with Gasteiger partial charge in [0.1, 0.15) is 12.4 Å². The van der Waals surface area contributed by atoms with Crippen LogP contribution in [0.3, 0.4) is 0 Å². The van der Waals surface area contributed by atoms with Gasteiger partial charge in [0.2, 0.25) is 0 Å². The molecule has 0 saturated heterocycles. The van der Waals surface area contributed by atoms with Crippen molar-refractivity contribution >= 4 is 5.97 Å². The molecule has 0 heterocycles. The Balaban J connectivity index is 1.76. The van der Waals surface area contributed by atoms with Gasteiger partial charge in [-0.3, -0.25) is 4.79 Å². The predicted octanol–water partition coefficient (Wildman–Crippen LogP) is 4.21. The van der Waals surface area contributed by atoms with Gasteiger partial charge in [0.05, 0.1) is 19.1 Å². The monoisotopic (exact) mass is 391 g/mol. The van der Waals surface area contributed by atoms with Crippen molar-refractivity contribution in [3.63, 3.8) is 0 Å². The number of aliphatic carboxylic acids is 1. The average molecular weight is 391 g/mol. The Morgan fingerprint density at radius 2 is 1.72 bits per heavy atom. The van der Waals surface area contributed by atoms with Gasteiger partial charge in [-0.25, -0.2) is 0 Å². The van der Waals surface area contributed by atoms with E-state index in [1.54, 1.807) is 19.2 Å². The van der Waals surface area contributed by atoms with E-state index in [1.165, 1.54) is 0 Å². The summed E-state index contributed by atoms with van der Waals surface area (Å²) in [5, 5.41) is 9.06. The molecule has 0 spiro atoms. The minimum Gasteiger partial charge on any atom is -0.489 e. The zero-order chi connectivity index (χ0) is 20.6. The van der Waals surface area contributed by atoms with Crippen LogP contribution < -0.4 is 10.5 Å². The molecule has 0 amide bonds. The molecule has 0 aliphatic carbocycles. The summed E-state index contributed by atoms with van der Waals surface area (Å²) >= 11 is 0. The Bertz CT molecular complexity index is 970. The van der Waals surface area contributed by atoms with E-state index in [2.05, 4.69) is 12.1 Å². The smallest absolute Gasteiger partial charge is 0.307 e. The fourth-order valence-corrected chi connectivity index (χ4v) is 3.18. The number of hydrogen-bond acceptors (Lipinski definition) is 4. The number of carboxylic acid groups (broad SMARTS) is 1. The van der Waals surface area contributed by atoms with Crippen molar-refractivity contribution in [2.75, 3.05) is 13.7 Å². The van der Waals surface area contributed by atoms with Crippen LogP contribution in [0.1, 0.15) is 22.7 Å². The highest BCUT2D eigenvalue weighted by Crippen LogP contribution is 2.25. The van der Waals surface area contributed by atoms with Gasteiger partial charge in [0.15, 0.2) is 0 Å². The topological polar surface area (TPSA) is 81.8 Å². The van der Waals surface area contributed by atoms with E-state index in [9.17, 15) is 4.79 Å². The Kier molecular flexibility index (Phi) is 7.00. The highest BCUT2D eigenvalue weighted by molar-refractivity contribution is 5.71. The minimum absolute atomic E-state index is 0.0647. The number of nitrogens with two attached hydrogens (primary N) is 1. The zero-order valence-electron chi connectivity index (χ0n) is 16.4. The van der Waals surface area contributed by atoms with Gasteiger partial charge >= 0.3 is 5.97 Å². The summed E-state index contributed by atoms with van der Waals surface area (Å²) in [5.74, 6) is -0.289. The van der Waals surface area contributed by atoms with Crippen molar-refractivity contribution < 1.29 is 19.4 Å². The molecule has 0 saturated carbocycles. The fourth-order valence-electron chi connectivity index (χ4n) is 3.18. The average Bonchev–Trinajstić information content (AvgIpc) is 2.73. The first kappa shape index (κ1) is 20.6. The van der Waals surface area contributed by atoms with Crippen LogP contribution in [0.4, 0.5) is 0 Å². The Morgan fingerprint density at radius 1 is 1.00 bits per heavy atom. The lowest BCUT2D eigenvalue weighted by Crippen LogP contribution is -2.15. The molecular formula is C24H25NO4. The van der Waals surface area contributed by atoms with Crippen molar-refractivity contribution in [3.8, 4) is 16.9 Å². The van der Waals surface area contributed by atoms with Gasteiger partial charge in [0.25, 0.3) is 0 Å². The van der Waals surface area contributed by atoms with Crippen LogP contribution in [0, 0.1) is 0 Å². The maximum atomic E-state index is 11.0. The molecule has 0 bridgehead atoms. The molecule has 0 fully saturated rings. The summed E-state index contributed by atoms with van der Waals surface area (Å²) in [6.45, 7) is 0.820. The predicted molar refractivity (Wildman–Crippen MR) is 113 cm³/mol. The highest BCUT2D eigenvalue weighted by Gasteiger charge is 2.09. The first-order valence-corrected chi connectivity index (χ1v) is 9.43. The Labute approximate surface area is 170 Å². The lowest BCUT2D eigenvalue weighted by molar-refractivity contribution is -0.136.